The van der Waals surface area contributed by atoms with E-state index in [-0.39, 0.29) is 11.8 Å². The lowest BCUT2D eigenvalue weighted by Gasteiger charge is -2.18. The Balaban J connectivity index is 1.84. The molecule has 0 saturated carbocycles. The Morgan fingerprint density at radius 3 is 2.95 bits per heavy atom. The van der Waals surface area contributed by atoms with Crippen LogP contribution < -0.4 is 10.1 Å². The molecule has 6 nitrogen and oxygen atoms in total. The van der Waals surface area contributed by atoms with Gasteiger partial charge in [0.2, 0.25) is 5.91 Å². The molecule has 0 bridgehead atoms. The van der Waals surface area contributed by atoms with E-state index in [0.717, 1.165) is 11.3 Å². The van der Waals surface area contributed by atoms with Crippen LogP contribution in [0.2, 0.25) is 0 Å². The number of ether oxygens (including phenoxy) is 1. The molecule has 0 fully saturated rings. The fraction of sp³-hybridized carbons (Fsp3) is 0.400. The van der Waals surface area contributed by atoms with Gasteiger partial charge in [0.15, 0.2) is 0 Å². The Bertz CT molecular complexity index is 569. The molecular formula is C15H19N3O3. The van der Waals surface area contributed by atoms with Crippen LogP contribution in [0.15, 0.2) is 29.4 Å². The van der Waals surface area contributed by atoms with E-state index in [1.165, 1.54) is 5.01 Å². The molecule has 0 spiro atoms. The molecule has 0 atom stereocenters. The first-order valence-corrected chi connectivity index (χ1v) is 6.85. The van der Waals surface area contributed by atoms with Crippen LogP contribution in [0, 0.1) is 0 Å². The van der Waals surface area contributed by atoms with Crippen LogP contribution >= 0.6 is 0 Å². The van der Waals surface area contributed by atoms with E-state index in [4.69, 9.17) is 4.74 Å². The van der Waals surface area contributed by atoms with Gasteiger partial charge in [-0.05, 0) is 24.1 Å². The summed E-state index contributed by atoms with van der Waals surface area (Å²) in [5.74, 6) is 0.524. The molecule has 2 rings (SSSR count). The highest BCUT2D eigenvalue weighted by Crippen LogP contribution is 2.12. The average molecular weight is 289 g/mol. The van der Waals surface area contributed by atoms with Crippen molar-refractivity contribution >= 4 is 17.5 Å². The summed E-state index contributed by atoms with van der Waals surface area (Å²) in [5, 5.41) is 8.03. The lowest BCUT2D eigenvalue weighted by Crippen LogP contribution is -2.38. The van der Waals surface area contributed by atoms with Crippen molar-refractivity contribution in [2.45, 2.75) is 19.3 Å². The van der Waals surface area contributed by atoms with Crippen molar-refractivity contribution in [3.05, 3.63) is 29.8 Å². The standard InChI is InChI=1S/C15H19N3O3/c1-18-14(19)7-6-13(17-18)15(20)16-9-8-11-4-3-5-12(10-11)21-2/h3-5,10H,6-9H2,1-2H3,(H,16,20). The first-order valence-electron chi connectivity index (χ1n) is 6.85. The SMILES string of the molecule is COc1cccc(CCNC(=O)C2=NN(C)C(=O)CC2)c1. The van der Waals surface area contributed by atoms with E-state index in [1.807, 2.05) is 24.3 Å². The lowest BCUT2D eigenvalue weighted by atomic mass is 10.1. The van der Waals surface area contributed by atoms with Gasteiger partial charge in [-0.2, -0.15) is 5.10 Å². The number of hydrazone groups is 1. The van der Waals surface area contributed by atoms with E-state index >= 15 is 0 Å². The molecule has 21 heavy (non-hydrogen) atoms. The van der Waals surface area contributed by atoms with Gasteiger partial charge in [-0.15, -0.1) is 0 Å². The number of hydrogen-bond donors (Lipinski definition) is 1. The van der Waals surface area contributed by atoms with Gasteiger partial charge in [-0.1, -0.05) is 12.1 Å². The van der Waals surface area contributed by atoms with E-state index in [1.54, 1.807) is 14.2 Å². The second-order valence-corrected chi connectivity index (χ2v) is 4.82. The quantitative estimate of drug-likeness (QED) is 0.877. The number of hydrogen-bond acceptors (Lipinski definition) is 4. The molecule has 1 aromatic rings. The highest BCUT2D eigenvalue weighted by molar-refractivity contribution is 6.39. The molecule has 0 radical (unpaired) electrons. The average Bonchev–Trinajstić information content (AvgIpc) is 2.50. The molecule has 1 aliphatic rings. The summed E-state index contributed by atoms with van der Waals surface area (Å²) >= 11 is 0. The summed E-state index contributed by atoms with van der Waals surface area (Å²) in [6.45, 7) is 0.517. The lowest BCUT2D eigenvalue weighted by molar-refractivity contribution is -0.130. The maximum Gasteiger partial charge on any atom is 0.267 e. The molecule has 0 unspecified atom stereocenters. The van der Waals surface area contributed by atoms with Gasteiger partial charge in [-0.25, -0.2) is 5.01 Å². The van der Waals surface area contributed by atoms with Crippen molar-refractivity contribution in [1.82, 2.24) is 10.3 Å². The zero-order valence-electron chi connectivity index (χ0n) is 12.3. The topological polar surface area (TPSA) is 71.0 Å². The van der Waals surface area contributed by atoms with Crippen molar-refractivity contribution in [2.24, 2.45) is 5.10 Å². The zero-order valence-corrected chi connectivity index (χ0v) is 12.3. The van der Waals surface area contributed by atoms with E-state index < -0.39 is 0 Å². The maximum absolute atomic E-state index is 12.0. The van der Waals surface area contributed by atoms with Gasteiger partial charge in [-0.3, -0.25) is 9.59 Å². The summed E-state index contributed by atoms with van der Waals surface area (Å²) in [5.41, 5.74) is 1.50. The molecule has 2 amide bonds. The fourth-order valence-corrected chi connectivity index (χ4v) is 2.08. The third kappa shape index (κ3) is 4.05. The number of methoxy groups -OCH3 is 1. The van der Waals surface area contributed by atoms with Crippen LogP contribution in [0.4, 0.5) is 0 Å². The molecule has 0 saturated heterocycles. The number of carbonyl (C=O) groups excluding carboxylic acids is 2. The van der Waals surface area contributed by atoms with Gasteiger partial charge in [0.25, 0.3) is 5.91 Å². The third-order valence-electron chi connectivity index (χ3n) is 3.30. The number of carbonyl (C=O) groups is 2. The van der Waals surface area contributed by atoms with Gasteiger partial charge in [0.1, 0.15) is 11.5 Å². The second kappa shape index (κ2) is 6.88. The minimum absolute atomic E-state index is 0.0667. The smallest absolute Gasteiger partial charge is 0.267 e. The van der Waals surface area contributed by atoms with Crippen LogP contribution in [-0.2, 0) is 16.0 Å². The van der Waals surface area contributed by atoms with Crippen molar-refractivity contribution < 1.29 is 14.3 Å². The molecule has 1 aromatic carbocycles. The minimum atomic E-state index is -0.211. The Hall–Kier alpha value is -2.37. The van der Waals surface area contributed by atoms with Crippen LogP contribution in [-0.4, -0.2) is 43.2 Å². The fourth-order valence-electron chi connectivity index (χ4n) is 2.08. The highest BCUT2D eigenvalue weighted by Gasteiger charge is 2.21. The monoisotopic (exact) mass is 289 g/mol. The molecule has 0 aliphatic carbocycles. The third-order valence-corrected chi connectivity index (χ3v) is 3.30. The molecule has 6 heteroatoms. The summed E-state index contributed by atoms with van der Waals surface area (Å²) in [6.07, 6.45) is 1.44. The van der Waals surface area contributed by atoms with Gasteiger partial charge in [0.05, 0.1) is 7.11 Å². The summed E-state index contributed by atoms with van der Waals surface area (Å²) < 4.78 is 5.16. The van der Waals surface area contributed by atoms with Crippen molar-refractivity contribution in [3.63, 3.8) is 0 Å². The van der Waals surface area contributed by atoms with E-state index in [9.17, 15) is 9.59 Å². The van der Waals surface area contributed by atoms with Crippen LogP contribution in [0.3, 0.4) is 0 Å². The molecular weight excluding hydrogens is 270 g/mol. The van der Waals surface area contributed by atoms with Crippen molar-refractivity contribution in [2.75, 3.05) is 20.7 Å². The predicted molar refractivity (Wildman–Crippen MR) is 79.1 cm³/mol. The Morgan fingerprint density at radius 1 is 1.43 bits per heavy atom. The number of nitrogens with zero attached hydrogens (tertiary/aromatic N) is 2. The molecule has 0 aromatic heterocycles. The molecule has 1 N–H and O–H groups in total. The maximum atomic E-state index is 12.0. The number of rotatable bonds is 5. The van der Waals surface area contributed by atoms with Crippen LogP contribution in [0.1, 0.15) is 18.4 Å². The predicted octanol–water partition coefficient (Wildman–Crippen LogP) is 0.962. The Kier molecular flexibility index (Phi) is 4.92. The van der Waals surface area contributed by atoms with Gasteiger partial charge < -0.3 is 10.1 Å². The summed E-state index contributed by atoms with van der Waals surface area (Å²) in [4.78, 5) is 23.3. The van der Waals surface area contributed by atoms with Crippen molar-refractivity contribution in [1.29, 1.82) is 0 Å². The zero-order chi connectivity index (χ0) is 15.2. The highest BCUT2D eigenvalue weighted by atomic mass is 16.5. The number of nitrogens with one attached hydrogen (secondary N) is 1. The number of benzene rings is 1. The largest absolute Gasteiger partial charge is 0.497 e. The van der Waals surface area contributed by atoms with Crippen LogP contribution in [0.5, 0.6) is 5.75 Å². The van der Waals surface area contributed by atoms with Gasteiger partial charge >= 0.3 is 0 Å². The van der Waals surface area contributed by atoms with Gasteiger partial charge in [0, 0.05) is 26.4 Å². The minimum Gasteiger partial charge on any atom is -0.497 e. The van der Waals surface area contributed by atoms with E-state index in [2.05, 4.69) is 10.4 Å². The normalized spacial score (nSPS) is 14.7. The van der Waals surface area contributed by atoms with Crippen LogP contribution in [0.25, 0.3) is 0 Å². The first kappa shape index (κ1) is 15.0. The first-order chi connectivity index (χ1) is 10.1. The van der Waals surface area contributed by atoms with E-state index in [0.29, 0.717) is 31.5 Å². The molecule has 1 heterocycles. The Labute approximate surface area is 123 Å². The number of amides is 2. The van der Waals surface area contributed by atoms with Crippen molar-refractivity contribution in [3.8, 4) is 5.75 Å². The summed E-state index contributed by atoms with van der Waals surface area (Å²) in [6, 6.07) is 7.73. The summed E-state index contributed by atoms with van der Waals surface area (Å²) in [7, 11) is 3.19. The second-order valence-electron chi connectivity index (χ2n) is 4.82. The molecule has 1 aliphatic heterocycles. The Morgan fingerprint density at radius 2 is 2.24 bits per heavy atom. The molecule has 112 valence electrons.